The molecule has 0 radical (unpaired) electrons. The molecular weight excluding hydrogens is 372 g/mol. The number of anilines is 1. The van der Waals surface area contributed by atoms with Crippen molar-refractivity contribution < 1.29 is 4.79 Å². The van der Waals surface area contributed by atoms with Gasteiger partial charge < -0.3 is 9.88 Å². The van der Waals surface area contributed by atoms with Gasteiger partial charge in [0.05, 0.1) is 5.39 Å². The summed E-state index contributed by atoms with van der Waals surface area (Å²) in [6.07, 6.45) is 3.51. The third-order valence-electron chi connectivity index (χ3n) is 4.70. The number of carbonyl (C=O) groups excluding carboxylic acids is 1. The molecule has 2 aromatic heterocycles. The van der Waals surface area contributed by atoms with Crippen LogP contribution in [0.2, 0.25) is 5.02 Å². The van der Waals surface area contributed by atoms with Gasteiger partial charge in [-0.1, -0.05) is 41.4 Å². The highest BCUT2D eigenvalue weighted by atomic mass is 35.5. The van der Waals surface area contributed by atoms with Gasteiger partial charge in [-0.2, -0.15) is 0 Å². The second-order valence-corrected chi connectivity index (χ2v) is 7.01. The molecule has 0 fully saturated rings. The van der Waals surface area contributed by atoms with Gasteiger partial charge in [-0.05, 0) is 43.7 Å². The van der Waals surface area contributed by atoms with E-state index in [1.165, 1.54) is 6.33 Å². The first-order valence-corrected chi connectivity index (χ1v) is 9.42. The minimum absolute atomic E-state index is 0.202. The van der Waals surface area contributed by atoms with E-state index in [9.17, 15) is 4.79 Å². The molecule has 0 aliphatic rings. The van der Waals surface area contributed by atoms with E-state index < -0.39 is 0 Å². The number of aryl methyl sites for hydroxylation is 2. The second kappa shape index (κ2) is 7.44. The molecule has 4 aromatic rings. The molecule has 0 saturated heterocycles. The van der Waals surface area contributed by atoms with Gasteiger partial charge in [0.15, 0.2) is 0 Å². The van der Waals surface area contributed by atoms with E-state index in [2.05, 4.69) is 22.2 Å². The molecule has 28 heavy (non-hydrogen) atoms. The fraction of sp³-hybridized carbons (Fsp3) is 0.136. The predicted octanol–water partition coefficient (Wildman–Crippen LogP) is 5.33. The number of hydrogen-bond donors (Lipinski definition) is 1. The van der Waals surface area contributed by atoms with Crippen LogP contribution in [0.4, 0.5) is 5.82 Å². The van der Waals surface area contributed by atoms with Gasteiger partial charge in [-0.25, -0.2) is 9.97 Å². The minimum Gasteiger partial charge on any atom is -0.332 e. The van der Waals surface area contributed by atoms with Gasteiger partial charge in [0.25, 0.3) is 5.91 Å². The molecule has 0 aliphatic carbocycles. The first-order valence-electron chi connectivity index (χ1n) is 9.04. The lowest BCUT2D eigenvalue weighted by atomic mass is 10.1. The van der Waals surface area contributed by atoms with Crippen LogP contribution in [0.1, 0.15) is 22.8 Å². The van der Waals surface area contributed by atoms with E-state index in [1.54, 1.807) is 12.1 Å². The molecular formula is C22H19ClN4O. The molecule has 0 spiro atoms. The van der Waals surface area contributed by atoms with Crippen LogP contribution in [-0.4, -0.2) is 20.4 Å². The number of nitrogens with zero attached hydrogens (tertiary/aromatic N) is 3. The Morgan fingerprint density at radius 1 is 1.07 bits per heavy atom. The fourth-order valence-corrected chi connectivity index (χ4v) is 3.32. The van der Waals surface area contributed by atoms with Crippen LogP contribution >= 0.6 is 11.6 Å². The first-order chi connectivity index (χ1) is 13.6. The van der Waals surface area contributed by atoms with Gasteiger partial charge in [0.2, 0.25) is 0 Å². The summed E-state index contributed by atoms with van der Waals surface area (Å²) in [5, 5.41) is 4.44. The van der Waals surface area contributed by atoms with E-state index in [4.69, 9.17) is 11.6 Å². The number of rotatable bonds is 4. The molecule has 0 saturated carbocycles. The number of aromatic nitrogens is 3. The summed E-state index contributed by atoms with van der Waals surface area (Å²) >= 11 is 6.04. The summed E-state index contributed by atoms with van der Waals surface area (Å²) < 4.78 is 2.04. The van der Waals surface area contributed by atoms with Crippen molar-refractivity contribution in [3.63, 3.8) is 0 Å². The third kappa shape index (κ3) is 3.37. The molecule has 140 valence electrons. The van der Waals surface area contributed by atoms with Gasteiger partial charge in [0.1, 0.15) is 17.8 Å². The van der Waals surface area contributed by atoms with Gasteiger partial charge >= 0.3 is 0 Å². The standard InChI is InChI=1S/C22H19ClN4O/c1-3-27-12-18(15-8-10-17(23)11-9-15)19-20(24-13-25-21(19)27)26-22(28)16-6-4-14(2)5-7-16/h4-13H,3H2,1-2H3,(H,24,25,26,28). The van der Waals surface area contributed by atoms with E-state index in [0.29, 0.717) is 16.4 Å². The molecule has 5 nitrogen and oxygen atoms in total. The Morgan fingerprint density at radius 3 is 2.46 bits per heavy atom. The van der Waals surface area contributed by atoms with Crippen LogP contribution in [-0.2, 0) is 6.54 Å². The molecule has 2 aromatic carbocycles. The van der Waals surface area contributed by atoms with Crippen LogP contribution in [0.15, 0.2) is 61.1 Å². The molecule has 0 unspecified atom stereocenters. The van der Waals surface area contributed by atoms with Crippen molar-refractivity contribution in [1.29, 1.82) is 0 Å². The highest BCUT2D eigenvalue weighted by molar-refractivity contribution is 6.30. The normalized spacial score (nSPS) is 11.0. The van der Waals surface area contributed by atoms with E-state index in [-0.39, 0.29) is 5.91 Å². The zero-order valence-corrected chi connectivity index (χ0v) is 16.4. The number of fused-ring (bicyclic) bond motifs is 1. The Labute approximate surface area is 168 Å². The minimum atomic E-state index is -0.202. The van der Waals surface area contributed by atoms with Gasteiger partial charge in [-0.15, -0.1) is 0 Å². The largest absolute Gasteiger partial charge is 0.332 e. The summed E-state index contributed by atoms with van der Waals surface area (Å²) in [6, 6.07) is 15.0. The highest BCUT2D eigenvalue weighted by Gasteiger charge is 2.18. The third-order valence-corrected chi connectivity index (χ3v) is 4.95. The summed E-state index contributed by atoms with van der Waals surface area (Å²) in [6.45, 7) is 4.80. The Balaban J connectivity index is 1.82. The Hall–Kier alpha value is -3.18. The van der Waals surface area contributed by atoms with Gasteiger partial charge in [-0.3, -0.25) is 4.79 Å². The Kier molecular flexibility index (Phi) is 4.84. The molecule has 0 atom stereocenters. The van der Waals surface area contributed by atoms with Gasteiger partial charge in [0, 0.05) is 28.9 Å². The molecule has 1 N–H and O–H groups in total. The lowest BCUT2D eigenvalue weighted by Gasteiger charge is -2.08. The first kappa shape index (κ1) is 18.2. The smallest absolute Gasteiger partial charge is 0.256 e. The van der Waals surface area contributed by atoms with Crippen molar-refractivity contribution in [3.8, 4) is 11.1 Å². The maximum atomic E-state index is 12.7. The average molecular weight is 391 g/mol. The maximum absolute atomic E-state index is 12.7. The van der Waals surface area contributed by atoms with Crippen LogP contribution in [0, 0.1) is 6.92 Å². The predicted molar refractivity (Wildman–Crippen MR) is 113 cm³/mol. The van der Waals surface area contributed by atoms with E-state index in [1.807, 2.05) is 54.1 Å². The lowest BCUT2D eigenvalue weighted by Crippen LogP contribution is -2.13. The van der Waals surface area contributed by atoms with Crippen molar-refractivity contribution in [2.45, 2.75) is 20.4 Å². The summed E-state index contributed by atoms with van der Waals surface area (Å²) in [4.78, 5) is 21.5. The summed E-state index contributed by atoms with van der Waals surface area (Å²) in [5.74, 6) is 0.291. The molecule has 6 heteroatoms. The highest BCUT2D eigenvalue weighted by Crippen LogP contribution is 2.34. The number of halogens is 1. The second-order valence-electron chi connectivity index (χ2n) is 6.58. The molecule has 0 bridgehead atoms. The number of hydrogen-bond acceptors (Lipinski definition) is 3. The number of carbonyl (C=O) groups is 1. The molecule has 4 rings (SSSR count). The quantitative estimate of drug-likeness (QED) is 0.512. The monoisotopic (exact) mass is 390 g/mol. The van der Waals surface area contributed by atoms with Crippen molar-refractivity contribution in [2.75, 3.05) is 5.32 Å². The Bertz CT molecular complexity index is 1150. The van der Waals surface area contributed by atoms with Crippen LogP contribution < -0.4 is 5.32 Å². The fourth-order valence-electron chi connectivity index (χ4n) is 3.19. The molecule has 1 amide bonds. The number of nitrogens with one attached hydrogen (secondary N) is 1. The zero-order valence-electron chi connectivity index (χ0n) is 15.6. The summed E-state index contributed by atoms with van der Waals surface area (Å²) in [7, 11) is 0. The van der Waals surface area contributed by atoms with Crippen LogP contribution in [0.5, 0.6) is 0 Å². The zero-order chi connectivity index (χ0) is 19.7. The van der Waals surface area contributed by atoms with Crippen molar-refractivity contribution >= 4 is 34.4 Å². The Morgan fingerprint density at radius 2 is 1.79 bits per heavy atom. The molecule has 2 heterocycles. The van der Waals surface area contributed by atoms with Crippen LogP contribution in [0.25, 0.3) is 22.2 Å². The maximum Gasteiger partial charge on any atom is 0.256 e. The van der Waals surface area contributed by atoms with Crippen molar-refractivity contribution in [2.24, 2.45) is 0 Å². The number of amides is 1. The summed E-state index contributed by atoms with van der Waals surface area (Å²) in [5.41, 5.74) is 4.41. The SMILES string of the molecule is CCn1cc(-c2ccc(Cl)cc2)c2c(NC(=O)c3ccc(C)cc3)ncnc21. The topological polar surface area (TPSA) is 59.8 Å². The van der Waals surface area contributed by atoms with E-state index >= 15 is 0 Å². The van der Waals surface area contributed by atoms with E-state index in [0.717, 1.165) is 34.3 Å². The van der Waals surface area contributed by atoms with Crippen molar-refractivity contribution in [3.05, 3.63) is 77.2 Å². The lowest BCUT2D eigenvalue weighted by molar-refractivity contribution is 0.102. The number of benzene rings is 2. The molecule has 0 aliphatic heterocycles. The van der Waals surface area contributed by atoms with Crippen LogP contribution in [0.3, 0.4) is 0 Å². The van der Waals surface area contributed by atoms with Crippen molar-refractivity contribution in [1.82, 2.24) is 14.5 Å². The average Bonchev–Trinajstić information content (AvgIpc) is 3.09.